The molecule has 1 amide bonds. The van der Waals surface area contributed by atoms with E-state index in [1.165, 1.54) is 0 Å². The monoisotopic (exact) mass is 290 g/mol. The van der Waals surface area contributed by atoms with Crippen LogP contribution in [-0.4, -0.2) is 44.8 Å². The molecule has 1 saturated heterocycles. The van der Waals surface area contributed by atoms with Crippen molar-refractivity contribution < 1.29 is 15.0 Å². The minimum absolute atomic E-state index is 0.115. The molecule has 1 aliphatic heterocycles. The number of nitrogens with one attached hydrogen (secondary N) is 2. The Bertz CT molecular complexity index is 272. The summed E-state index contributed by atoms with van der Waals surface area (Å²) < 4.78 is -2.09. The van der Waals surface area contributed by atoms with Crippen molar-refractivity contribution in [2.45, 2.75) is 29.1 Å². The summed E-state index contributed by atoms with van der Waals surface area (Å²) in [6.45, 7) is 2.22. The Morgan fingerprint density at radius 2 is 1.94 bits per heavy atom. The van der Waals surface area contributed by atoms with E-state index in [9.17, 15) is 15.0 Å². The van der Waals surface area contributed by atoms with Gasteiger partial charge < -0.3 is 15.5 Å². The standard InChI is InChI=1S/C8H13Cl3N2O3/c1-3-2-12-6(5(15)4(3)14)13-7(16)8(9,10)11/h3-6,12,14-15H,2H2,1H3,(H,13,16)/t3-,4-,5+,6-/m1/s1. The van der Waals surface area contributed by atoms with Gasteiger partial charge in [0.2, 0.25) is 0 Å². The number of piperidine rings is 1. The van der Waals surface area contributed by atoms with Gasteiger partial charge in [0, 0.05) is 6.54 Å². The van der Waals surface area contributed by atoms with Crippen LogP contribution in [0.4, 0.5) is 0 Å². The molecule has 4 atom stereocenters. The highest BCUT2D eigenvalue weighted by Gasteiger charge is 2.39. The normalized spacial score (nSPS) is 35.9. The lowest BCUT2D eigenvalue weighted by Gasteiger charge is -2.37. The van der Waals surface area contributed by atoms with Crippen molar-refractivity contribution in [3.05, 3.63) is 0 Å². The average Bonchev–Trinajstić information content (AvgIpc) is 2.17. The molecule has 0 saturated carbocycles. The van der Waals surface area contributed by atoms with Crippen molar-refractivity contribution in [3.8, 4) is 0 Å². The molecule has 8 heteroatoms. The van der Waals surface area contributed by atoms with Gasteiger partial charge in [0.25, 0.3) is 9.70 Å². The molecule has 1 heterocycles. The fourth-order valence-corrected chi connectivity index (χ4v) is 1.61. The molecule has 0 aromatic rings. The number of amides is 1. The minimum Gasteiger partial charge on any atom is -0.390 e. The number of carbonyl (C=O) groups excluding carboxylic acids is 1. The Hall–Kier alpha value is 0.220. The summed E-state index contributed by atoms with van der Waals surface area (Å²) in [5, 5.41) is 24.4. The van der Waals surface area contributed by atoms with Crippen LogP contribution in [0.25, 0.3) is 0 Å². The van der Waals surface area contributed by atoms with Crippen LogP contribution < -0.4 is 10.6 Å². The summed E-state index contributed by atoms with van der Waals surface area (Å²) in [5.41, 5.74) is 0. The highest BCUT2D eigenvalue weighted by atomic mass is 35.6. The van der Waals surface area contributed by atoms with Crippen LogP contribution in [0.5, 0.6) is 0 Å². The van der Waals surface area contributed by atoms with E-state index in [2.05, 4.69) is 10.6 Å². The molecule has 5 nitrogen and oxygen atoms in total. The largest absolute Gasteiger partial charge is 0.390 e. The summed E-state index contributed by atoms with van der Waals surface area (Å²) >= 11 is 16.1. The summed E-state index contributed by atoms with van der Waals surface area (Å²) in [5.74, 6) is -0.966. The van der Waals surface area contributed by atoms with Gasteiger partial charge >= 0.3 is 0 Å². The first-order chi connectivity index (χ1) is 7.23. The predicted octanol–water partition coefficient (Wildman–Crippen LogP) is -0.240. The third kappa shape index (κ3) is 3.35. The first-order valence-corrected chi connectivity index (χ1v) is 5.84. The fraction of sp³-hybridized carbons (Fsp3) is 0.875. The number of halogens is 3. The molecule has 94 valence electrons. The van der Waals surface area contributed by atoms with Gasteiger partial charge in [0.1, 0.15) is 12.3 Å². The van der Waals surface area contributed by atoms with Crippen molar-refractivity contribution in [1.29, 1.82) is 0 Å². The third-order valence-electron chi connectivity index (χ3n) is 2.48. The highest BCUT2D eigenvalue weighted by Crippen LogP contribution is 2.26. The van der Waals surface area contributed by atoms with E-state index in [0.717, 1.165) is 0 Å². The molecule has 4 N–H and O–H groups in total. The molecule has 1 rings (SSSR count). The van der Waals surface area contributed by atoms with Crippen LogP contribution in [0.2, 0.25) is 0 Å². The Labute approximate surface area is 108 Å². The zero-order valence-electron chi connectivity index (χ0n) is 8.45. The third-order valence-corrected chi connectivity index (χ3v) is 2.99. The van der Waals surface area contributed by atoms with Gasteiger partial charge in [0.05, 0.1) is 6.10 Å². The van der Waals surface area contributed by atoms with Crippen molar-refractivity contribution in [1.82, 2.24) is 10.6 Å². The molecular weight excluding hydrogens is 278 g/mol. The second-order valence-corrected chi connectivity index (χ2v) is 6.10. The maximum atomic E-state index is 11.3. The smallest absolute Gasteiger partial charge is 0.273 e. The molecule has 0 spiro atoms. The van der Waals surface area contributed by atoms with Crippen molar-refractivity contribution in [3.63, 3.8) is 0 Å². The Morgan fingerprint density at radius 3 is 2.44 bits per heavy atom. The van der Waals surface area contributed by atoms with Crippen LogP contribution in [0.3, 0.4) is 0 Å². The molecule has 0 radical (unpaired) electrons. The predicted molar refractivity (Wildman–Crippen MR) is 61.4 cm³/mol. The lowest BCUT2D eigenvalue weighted by atomic mass is 9.93. The Kier molecular flexibility index (Phi) is 4.68. The van der Waals surface area contributed by atoms with Crippen LogP contribution >= 0.6 is 34.8 Å². The molecule has 16 heavy (non-hydrogen) atoms. The number of hydrogen-bond donors (Lipinski definition) is 4. The van der Waals surface area contributed by atoms with Gasteiger partial charge in [0.15, 0.2) is 0 Å². The number of rotatable bonds is 1. The number of hydrogen-bond acceptors (Lipinski definition) is 4. The second kappa shape index (κ2) is 5.25. The van der Waals surface area contributed by atoms with Crippen LogP contribution in [-0.2, 0) is 4.79 Å². The fourth-order valence-electron chi connectivity index (χ4n) is 1.45. The van der Waals surface area contributed by atoms with E-state index < -0.39 is 28.1 Å². The van der Waals surface area contributed by atoms with E-state index >= 15 is 0 Å². The van der Waals surface area contributed by atoms with Crippen molar-refractivity contribution >= 4 is 40.7 Å². The average molecular weight is 292 g/mol. The molecule has 0 aliphatic carbocycles. The lowest BCUT2D eigenvalue weighted by molar-refractivity contribution is -0.125. The number of aliphatic hydroxyl groups is 2. The lowest BCUT2D eigenvalue weighted by Crippen LogP contribution is -2.64. The number of aliphatic hydroxyl groups excluding tert-OH is 2. The minimum atomic E-state index is -2.09. The SMILES string of the molecule is C[C@@H]1CN[C@H](NC(=O)C(Cl)(Cl)Cl)[C@@H](O)[C@@H]1O. The van der Waals surface area contributed by atoms with E-state index in [1.807, 2.05) is 0 Å². The summed E-state index contributed by atoms with van der Waals surface area (Å²) in [7, 11) is 0. The molecule has 0 aromatic heterocycles. The first-order valence-electron chi connectivity index (χ1n) is 4.70. The van der Waals surface area contributed by atoms with Crippen LogP contribution in [0.15, 0.2) is 0 Å². The number of alkyl halides is 3. The molecule has 0 bridgehead atoms. The summed E-state index contributed by atoms with van der Waals surface area (Å²) in [6.07, 6.45) is -2.89. The van der Waals surface area contributed by atoms with Gasteiger partial charge in [-0.15, -0.1) is 0 Å². The van der Waals surface area contributed by atoms with E-state index in [4.69, 9.17) is 34.8 Å². The molecular formula is C8H13Cl3N2O3. The van der Waals surface area contributed by atoms with E-state index in [-0.39, 0.29) is 5.92 Å². The van der Waals surface area contributed by atoms with E-state index in [0.29, 0.717) is 6.54 Å². The van der Waals surface area contributed by atoms with Crippen molar-refractivity contribution in [2.75, 3.05) is 6.54 Å². The summed E-state index contributed by atoms with van der Waals surface area (Å²) in [4.78, 5) is 11.3. The van der Waals surface area contributed by atoms with Crippen LogP contribution in [0.1, 0.15) is 6.92 Å². The molecule has 1 aliphatic rings. The highest BCUT2D eigenvalue weighted by molar-refractivity contribution is 6.76. The van der Waals surface area contributed by atoms with Crippen molar-refractivity contribution in [2.24, 2.45) is 5.92 Å². The van der Waals surface area contributed by atoms with Gasteiger partial charge in [-0.05, 0) is 5.92 Å². The molecule has 0 unspecified atom stereocenters. The van der Waals surface area contributed by atoms with Gasteiger partial charge in [-0.25, -0.2) is 0 Å². The topological polar surface area (TPSA) is 81.6 Å². The van der Waals surface area contributed by atoms with Gasteiger partial charge in [-0.1, -0.05) is 41.7 Å². The maximum Gasteiger partial charge on any atom is 0.273 e. The Balaban J connectivity index is 2.59. The number of carbonyl (C=O) groups is 1. The van der Waals surface area contributed by atoms with Gasteiger partial charge in [-0.3, -0.25) is 10.1 Å². The zero-order chi connectivity index (χ0) is 12.5. The van der Waals surface area contributed by atoms with E-state index in [1.54, 1.807) is 6.92 Å². The molecule has 1 fully saturated rings. The quantitative estimate of drug-likeness (QED) is 0.503. The second-order valence-electron chi connectivity index (χ2n) is 3.82. The first kappa shape index (κ1) is 14.3. The maximum absolute atomic E-state index is 11.3. The Morgan fingerprint density at radius 1 is 1.38 bits per heavy atom. The zero-order valence-corrected chi connectivity index (χ0v) is 10.7. The van der Waals surface area contributed by atoms with Gasteiger partial charge in [-0.2, -0.15) is 0 Å². The molecule has 0 aromatic carbocycles. The van der Waals surface area contributed by atoms with Crippen LogP contribution in [0, 0.1) is 5.92 Å². The summed E-state index contributed by atoms with van der Waals surface area (Å²) in [6, 6.07) is 0.